The monoisotopic (exact) mass is 336 g/mol. The number of benzene rings is 2. The van der Waals surface area contributed by atoms with Crippen LogP contribution in [0.25, 0.3) is 0 Å². The third kappa shape index (κ3) is 3.94. The molecular formula is C18H13ClN4O. The van der Waals surface area contributed by atoms with Gasteiger partial charge < -0.3 is 16.2 Å². The third-order valence-electron chi connectivity index (χ3n) is 3.12. The Hall–Kier alpha value is -3.23. The number of hydrogen-bond donors (Lipinski definition) is 3. The van der Waals surface area contributed by atoms with Crippen molar-refractivity contribution < 1.29 is 5.11 Å². The first-order valence-electron chi connectivity index (χ1n) is 7.06. The summed E-state index contributed by atoms with van der Waals surface area (Å²) >= 11 is 5.86. The zero-order valence-corrected chi connectivity index (χ0v) is 13.2. The maximum absolute atomic E-state index is 9.35. The Morgan fingerprint density at radius 1 is 1.00 bits per heavy atom. The smallest absolute Gasteiger partial charge is 0.222 e. The van der Waals surface area contributed by atoms with Gasteiger partial charge in [-0.1, -0.05) is 23.4 Å². The fraction of sp³-hybridized carbons (Fsp3) is 0. The van der Waals surface area contributed by atoms with E-state index in [1.807, 2.05) is 12.1 Å². The fourth-order valence-electron chi connectivity index (χ4n) is 1.94. The number of hydrogen-bond acceptors (Lipinski definition) is 5. The molecule has 0 unspecified atom stereocenters. The van der Waals surface area contributed by atoms with E-state index in [0.29, 0.717) is 16.4 Å². The highest BCUT2D eigenvalue weighted by molar-refractivity contribution is 6.30. The summed E-state index contributed by atoms with van der Waals surface area (Å²) in [7, 11) is 0. The lowest BCUT2D eigenvalue weighted by Gasteiger charge is -2.08. The molecular weight excluding hydrogens is 324 g/mol. The molecule has 0 aliphatic heterocycles. The van der Waals surface area contributed by atoms with Crippen LogP contribution >= 0.6 is 11.6 Å². The number of rotatable bonds is 2. The second-order valence-electron chi connectivity index (χ2n) is 4.92. The Balaban J connectivity index is 1.91. The van der Waals surface area contributed by atoms with Gasteiger partial charge in [-0.3, -0.25) is 0 Å². The second-order valence-corrected chi connectivity index (χ2v) is 5.36. The molecule has 6 heteroatoms. The van der Waals surface area contributed by atoms with E-state index in [2.05, 4.69) is 27.1 Å². The first kappa shape index (κ1) is 15.7. The van der Waals surface area contributed by atoms with E-state index in [1.54, 1.807) is 42.6 Å². The highest BCUT2D eigenvalue weighted by Gasteiger charge is 2.05. The summed E-state index contributed by atoms with van der Waals surface area (Å²) < 4.78 is 0. The van der Waals surface area contributed by atoms with Gasteiger partial charge in [0.25, 0.3) is 0 Å². The van der Waals surface area contributed by atoms with Crippen LogP contribution in [0.2, 0.25) is 5.02 Å². The van der Waals surface area contributed by atoms with Crippen LogP contribution in [-0.2, 0) is 0 Å². The molecule has 118 valence electrons. The molecule has 5 nitrogen and oxygen atoms in total. The topological polar surface area (TPSA) is 84.1 Å². The molecule has 0 saturated heterocycles. The van der Waals surface area contributed by atoms with Crippen molar-refractivity contribution in [2.24, 2.45) is 0 Å². The predicted octanol–water partition coefficient (Wildman–Crippen LogP) is 3.56. The van der Waals surface area contributed by atoms with Crippen LogP contribution in [0.1, 0.15) is 11.1 Å². The van der Waals surface area contributed by atoms with Gasteiger partial charge in [-0.2, -0.15) is 4.98 Å². The molecule has 3 rings (SSSR count). The van der Waals surface area contributed by atoms with Crippen LogP contribution < -0.4 is 11.1 Å². The van der Waals surface area contributed by atoms with Gasteiger partial charge in [-0.15, -0.1) is 0 Å². The van der Waals surface area contributed by atoms with Crippen molar-refractivity contribution in [1.82, 2.24) is 9.97 Å². The van der Waals surface area contributed by atoms with Gasteiger partial charge in [0.05, 0.1) is 11.8 Å². The van der Waals surface area contributed by atoms with E-state index in [9.17, 15) is 5.11 Å². The fourth-order valence-corrected chi connectivity index (χ4v) is 2.06. The average Bonchev–Trinajstić information content (AvgIpc) is 2.58. The molecule has 0 aliphatic carbocycles. The SMILES string of the molecule is Nc1ncc(C#Cc2ccc(Cl)cc2)c(Nc2ccc(O)cc2)n1. The minimum atomic E-state index is 0.147. The minimum absolute atomic E-state index is 0.147. The summed E-state index contributed by atoms with van der Waals surface area (Å²) in [4.78, 5) is 8.17. The third-order valence-corrected chi connectivity index (χ3v) is 3.38. The highest BCUT2D eigenvalue weighted by Crippen LogP contribution is 2.20. The summed E-state index contributed by atoms with van der Waals surface area (Å²) in [5, 5.41) is 13.1. The van der Waals surface area contributed by atoms with Gasteiger partial charge in [0.2, 0.25) is 5.95 Å². The van der Waals surface area contributed by atoms with E-state index in [4.69, 9.17) is 17.3 Å². The number of aromatic nitrogens is 2. The molecule has 1 aromatic heterocycles. The van der Waals surface area contributed by atoms with Gasteiger partial charge in [0.15, 0.2) is 5.82 Å². The summed E-state index contributed by atoms with van der Waals surface area (Å²) in [5.41, 5.74) is 7.84. The number of phenolic OH excluding ortho intramolecular Hbond substituents is 1. The molecule has 0 bridgehead atoms. The van der Waals surface area contributed by atoms with Crippen LogP contribution in [0.4, 0.5) is 17.5 Å². The average molecular weight is 337 g/mol. The Bertz CT molecular complexity index is 912. The van der Waals surface area contributed by atoms with Crippen molar-refractivity contribution >= 4 is 29.1 Å². The van der Waals surface area contributed by atoms with Crippen LogP contribution in [0.3, 0.4) is 0 Å². The number of aromatic hydroxyl groups is 1. The maximum atomic E-state index is 9.35. The normalized spacial score (nSPS) is 9.88. The Morgan fingerprint density at radius 3 is 2.42 bits per heavy atom. The number of nitrogens with one attached hydrogen (secondary N) is 1. The molecule has 0 radical (unpaired) electrons. The molecule has 24 heavy (non-hydrogen) atoms. The van der Waals surface area contributed by atoms with E-state index >= 15 is 0 Å². The lowest BCUT2D eigenvalue weighted by Crippen LogP contribution is -2.02. The predicted molar refractivity (Wildman–Crippen MR) is 95.3 cm³/mol. The summed E-state index contributed by atoms with van der Waals surface area (Å²) in [6.45, 7) is 0. The van der Waals surface area contributed by atoms with Crippen LogP contribution in [0.15, 0.2) is 54.7 Å². The molecule has 4 N–H and O–H groups in total. The number of phenols is 1. The number of nitrogens with zero attached hydrogens (tertiary/aromatic N) is 2. The van der Waals surface area contributed by atoms with Crippen molar-refractivity contribution in [1.29, 1.82) is 0 Å². The molecule has 2 aromatic carbocycles. The van der Waals surface area contributed by atoms with Gasteiger partial charge >= 0.3 is 0 Å². The van der Waals surface area contributed by atoms with Gasteiger partial charge in [0, 0.05) is 16.3 Å². The molecule has 0 saturated carbocycles. The van der Waals surface area contributed by atoms with Crippen LogP contribution in [0.5, 0.6) is 5.75 Å². The lowest BCUT2D eigenvalue weighted by atomic mass is 10.2. The van der Waals surface area contributed by atoms with E-state index in [-0.39, 0.29) is 11.7 Å². The summed E-state index contributed by atoms with van der Waals surface area (Å²) in [6.07, 6.45) is 1.56. The number of nitrogens with two attached hydrogens (primary N) is 1. The summed E-state index contributed by atoms with van der Waals surface area (Å²) in [5.74, 6) is 6.88. The maximum Gasteiger partial charge on any atom is 0.222 e. The molecule has 0 spiro atoms. The quantitative estimate of drug-likeness (QED) is 0.492. The summed E-state index contributed by atoms with van der Waals surface area (Å²) in [6, 6.07) is 13.8. The van der Waals surface area contributed by atoms with Gasteiger partial charge in [-0.25, -0.2) is 4.98 Å². The lowest BCUT2D eigenvalue weighted by molar-refractivity contribution is 0.475. The molecule has 0 atom stereocenters. The molecule has 0 amide bonds. The standard InChI is InChI=1S/C18H13ClN4O/c19-14-5-2-12(3-6-14)1-4-13-11-21-18(20)23-17(13)22-15-7-9-16(24)10-8-15/h2-3,5-11,24H,(H3,20,21,22,23). The van der Waals surface area contributed by atoms with E-state index in [0.717, 1.165) is 11.3 Å². The first-order chi connectivity index (χ1) is 11.6. The van der Waals surface area contributed by atoms with Crippen molar-refractivity contribution in [3.8, 4) is 17.6 Å². The van der Waals surface area contributed by atoms with Gasteiger partial charge in [-0.05, 0) is 48.5 Å². The van der Waals surface area contributed by atoms with Crippen molar-refractivity contribution in [3.63, 3.8) is 0 Å². The van der Waals surface area contributed by atoms with Crippen molar-refractivity contribution in [2.45, 2.75) is 0 Å². The Labute approximate surface area is 144 Å². The first-order valence-corrected chi connectivity index (χ1v) is 7.44. The Kier molecular flexibility index (Phi) is 4.50. The number of nitrogen functional groups attached to an aromatic ring is 1. The van der Waals surface area contributed by atoms with Crippen molar-refractivity contribution in [3.05, 3.63) is 70.9 Å². The Morgan fingerprint density at radius 2 is 1.71 bits per heavy atom. The van der Waals surface area contributed by atoms with E-state index < -0.39 is 0 Å². The largest absolute Gasteiger partial charge is 0.508 e. The van der Waals surface area contributed by atoms with Gasteiger partial charge in [0.1, 0.15) is 5.75 Å². The number of halogens is 1. The van der Waals surface area contributed by atoms with Crippen LogP contribution in [-0.4, -0.2) is 15.1 Å². The zero-order chi connectivity index (χ0) is 16.9. The minimum Gasteiger partial charge on any atom is -0.508 e. The van der Waals surface area contributed by atoms with E-state index in [1.165, 1.54) is 0 Å². The van der Waals surface area contributed by atoms with Crippen molar-refractivity contribution in [2.75, 3.05) is 11.1 Å². The molecule has 1 heterocycles. The molecule has 3 aromatic rings. The number of anilines is 3. The second kappa shape index (κ2) is 6.90. The highest BCUT2D eigenvalue weighted by atomic mass is 35.5. The van der Waals surface area contributed by atoms with Crippen LogP contribution in [0, 0.1) is 11.8 Å². The zero-order valence-electron chi connectivity index (χ0n) is 12.5. The molecule has 0 fully saturated rings. The molecule has 0 aliphatic rings.